The van der Waals surface area contributed by atoms with E-state index in [4.69, 9.17) is 4.74 Å². The van der Waals surface area contributed by atoms with Crippen LogP contribution in [0.2, 0.25) is 0 Å². The Morgan fingerprint density at radius 3 is 2.50 bits per heavy atom. The van der Waals surface area contributed by atoms with Crippen LogP contribution in [-0.2, 0) is 0 Å². The maximum atomic E-state index is 5.01. The molecule has 4 nitrogen and oxygen atoms in total. The van der Waals surface area contributed by atoms with Crippen LogP contribution in [0.3, 0.4) is 0 Å². The lowest BCUT2D eigenvalue weighted by Gasteiger charge is -2.20. The van der Waals surface area contributed by atoms with Crippen LogP contribution in [0.25, 0.3) is 11.1 Å². The molecule has 1 saturated heterocycles. The van der Waals surface area contributed by atoms with E-state index >= 15 is 0 Å². The van der Waals surface area contributed by atoms with Crippen LogP contribution in [-0.4, -0.2) is 41.1 Å². The summed E-state index contributed by atoms with van der Waals surface area (Å²) >= 11 is 0. The molecule has 2 aliphatic rings. The number of hydrogen-bond donors (Lipinski definition) is 0. The minimum absolute atomic E-state index is 0.410. The highest BCUT2D eigenvalue weighted by molar-refractivity contribution is 5.62. The molecule has 0 bridgehead atoms. The van der Waals surface area contributed by atoms with E-state index in [9.17, 15) is 0 Å². The standard InChI is InChI=1S/C20H25N3O/c1-14-4-3-9-23(14)13-17-10-19(17)16-7-5-15(6-8-16)18-11-21-20(24-2)22-12-18/h5-8,11-12,14,17,19H,3-4,9-10,13H2,1-2H3/t14-,17-,19-/m1/s1. The van der Waals surface area contributed by atoms with E-state index in [1.54, 1.807) is 7.11 Å². The Bertz CT molecular complexity index is 683. The zero-order valence-corrected chi connectivity index (χ0v) is 14.5. The molecule has 0 radical (unpaired) electrons. The first kappa shape index (κ1) is 15.6. The first-order chi connectivity index (χ1) is 11.7. The van der Waals surface area contributed by atoms with Crippen LogP contribution in [0.4, 0.5) is 0 Å². The van der Waals surface area contributed by atoms with Gasteiger partial charge in [0, 0.05) is 30.5 Å². The number of nitrogens with zero attached hydrogens (tertiary/aromatic N) is 3. The quantitative estimate of drug-likeness (QED) is 0.840. The topological polar surface area (TPSA) is 38.2 Å². The first-order valence-corrected chi connectivity index (χ1v) is 8.95. The molecule has 0 unspecified atom stereocenters. The van der Waals surface area contributed by atoms with Gasteiger partial charge in [0.1, 0.15) is 0 Å². The summed E-state index contributed by atoms with van der Waals surface area (Å²) < 4.78 is 5.01. The molecule has 4 rings (SSSR count). The summed E-state index contributed by atoms with van der Waals surface area (Å²) in [4.78, 5) is 11.0. The van der Waals surface area contributed by atoms with E-state index < -0.39 is 0 Å². The maximum absolute atomic E-state index is 5.01. The van der Waals surface area contributed by atoms with Crippen LogP contribution in [0.5, 0.6) is 6.01 Å². The van der Waals surface area contributed by atoms with E-state index in [-0.39, 0.29) is 0 Å². The second kappa shape index (κ2) is 6.52. The first-order valence-electron chi connectivity index (χ1n) is 8.95. The van der Waals surface area contributed by atoms with Crippen molar-refractivity contribution in [1.29, 1.82) is 0 Å². The normalized spacial score (nSPS) is 26.5. The van der Waals surface area contributed by atoms with Crippen molar-refractivity contribution in [3.8, 4) is 17.1 Å². The van der Waals surface area contributed by atoms with Crippen molar-refractivity contribution in [2.24, 2.45) is 5.92 Å². The van der Waals surface area contributed by atoms with Gasteiger partial charge in [-0.1, -0.05) is 24.3 Å². The van der Waals surface area contributed by atoms with Crippen molar-refractivity contribution in [2.45, 2.75) is 38.1 Å². The van der Waals surface area contributed by atoms with Gasteiger partial charge >= 0.3 is 6.01 Å². The number of methoxy groups -OCH3 is 1. The maximum Gasteiger partial charge on any atom is 0.316 e. The Balaban J connectivity index is 1.39. The Hall–Kier alpha value is -1.94. The minimum Gasteiger partial charge on any atom is -0.467 e. The predicted molar refractivity (Wildman–Crippen MR) is 95.1 cm³/mol. The summed E-state index contributed by atoms with van der Waals surface area (Å²) in [6, 6.07) is 10.1. The molecule has 1 saturated carbocycles. The van der Waals surface area contributed by atoms with Gasteiger partial charge < -0.3 is 9.64 Å². The SMILES string of the molecule is COc1ncc(-c2ccc([C@H]3C[C@@H]3CN3CCC[C@H]3C)cc2)cn1. The third-order valence-electron chi connectivity index (χ3n) is 5.57. The van der Waals surface area contributed by atoms with Crippen LogP contribution < -0.4 is 4.74 Å². The molecule has 2 heterocycles. The molecule has 0 amide bonds. The van der Waals surface area contributed by atoms with Crippen LogP contribution in [0.15, 0.2) is 36.7 Å². The molecule has 126 valence electrons. The van der Waals surface area contributed by atoms with Crippen LogP contribution >= 0.6 is 0 Å². The molecule has 2 aromatic rings. The molecule has 1 aliphatic carbocycles. The lowest BCUT2D eigenvalue weighted by atomic mass is 10.0. The van der Waals surface area contributed by atoms with Crippen molar-refractivity contribution in [1.82, 2.24) is 14.9 Å². The van der Waals surface area contributed by atoms with Gasteiger partial charge in [-0.25, -0.2) is 9.97 Å². The second-order valence-corrected chi connectivity index (χ2v) is 7.17. The molecule has 2 fully saturated rings. The largest absolute Gasteiger partial charge is 0.467 e. The molecule has 0 spiro atoms. The Kier molecular flexibility index (Phi) is 4.23. The number of likely N-dealkylation sites (tertiary alicyclic amines) is 1. The van der Waals surface area contributed by atoms with E-state index in [1.165, 1.54) is 37.9 Å². The van der Waals surface area contributed by atoms with Crippen molar-refractivity contribution in [3.63, 3.8) is 0 Å². The van der Waals surface area contributed by atoms with E-state index in [0.29, 0.717) is 6.01 Å². The Morgan fingerprint density at radius 1 is 1.12 bits per heavy atom. The van der Waals surface area contributed by atoms with Crippen LogP contribution in [0.1, 0.15) is 37.7 Å². The molecule has 24 heavy (non-hydrogen) atoms. The average Bonchev–Trinajstić information content (AvgIpc) is 3.29. The predicted octanol–water partition coefficient (Wildman–Crippen LogP) is 3.74. The molecule has 1 aromatic carbocycles. The zero-order valence-electron chi connectivity index (χ0n) is 14.5. The van der Waals surface area contributed by atoms with Gasteiger partial charge in [0.2, 0.25) is 0 Å². The van der Waals surface area contributed by atoms with Gasteiger partial charge in [-0.2, -0.15) is 0 Å². The van der Waals surface area contributed by atoms with E-state index in [2.05, 4.69) is 46.1 Å². The summed E-state index contributed by atoms with van der Waals surface area (Å²) in [6.45, 7) is 4.94. The lowest BCUT2D eigenvalue weighted by Crippen LogP contribution is -2.29. The van der Waals surface area contributed by atoms with Crippen LogP contribution in [0, 0.1) is 5.92 Å². The Morgan fingerprint density at radius 2 is 1.88 bits per heavy atom. The number of benzene rings is 1. The molecular formula is C20H25N3O. The summed E-state index contributed by atoms with van der Waals surface area (Å²) in [5.74, 6) is 1.60. The lowest BCUT2D eigenvalue weighted by molar-refractivity contribution is 0.256. The summed E-state index contributed by atoms with van der Waals surface area (Å²) in [5.41, 5.74) is 3.66. The smallest absolute Gasteiger partial charge is 0.316 e. The third-order valence-corrected chi connectivity index (χ3v) is 5.57. The fourth-order valence-corrected chi connectivity index (χ4v) is 3.92. The fraction of sp³-hybridized carbons (Fsp3) is 0.500. The molecule has 1 aliphatic heterocycles. The molecule has 1 aromatic heterocycles. The van der Waals surface area contributed by atoms with Gasteiger partial charge in [-0.3, -0.25) is 0 Å². The van der Waals surface area contributed by atoms with Gasteiger partial charge in [0.05, 0.1) is 7.11 Å². The van der Waals surface area contributed by atoms with Gasteiger partial charge in [0.25, 0.3) is 0 Å². The summed E-state index contributed by atoms with van der Waals surface area (Å²) in [5, 5.41) is 0. The minimum atomic E-state index is 0.410. The number of aromatic nitrogens is 2. The fourth-order valence-electron chi connectivity index (χ4n) is 3.92. The van der Waals surface area contributed by atoms with Gasteiger partial charge in [-0.05, 0) is 55.7 Å². The zero-order chi connectivity index (χ0) is 16.5. The second-order valence-electron chi connectivity index (χ2n) is 7.17. The van der Waals surface area contributed by atoms with E-state index in [1.807, 2.05) is 12.4 Å². The van der Waals surface area contributed by atoms with Crippen molar-refractivity contribution < 1.29 is 4.74 Å². The van der Waals surface area contributed by atoms with E-state index in [0.717, 1.165) is 29.0 Å². The molecular weight excluding hydrogens is 298 g/mol. The monoisotopic (exact) mass is 323 g/mol. The highest BCUT2D eigenvalue weighted by Crippen LogP contribution is 2.48. The third kappa shape index (κ3) is 3.16. The highest BCUT2D eigenvalue weighted by Gasteiger charge is 2.40. The van der Waals surface area contributed by atoms with Gasteiger partial charge in [-0.15, -0.1) is 0 Å². The molecule has 3 atom stereocenters. The number of ether oxygens (including phenoxy) is 1. The highest BCUT2D eigenvalue weighted by atomic mass is 16.5. The Labute approximate surface area is 143 Å². The molecule has 0 N–H and O–H groups in total. The number of hydrogen-bond acceptors (Lipinski definition) is 4. The molecule has 4 heteroatoms. The van der Waals surface area contributed by atoms with Crippen molar-refractivity contribution in [3.05, 3.63) is 42.2 Å². The summed E-state index contributed by atoms with van der Waals surface area (Å²) in [7, 11) is 1.58. The average molecular weight is 323 g/mol. The van der Waals surface area contributed by atoms with Crippen molar-refractivity contribution >= 4 is 0 Å². The van der Waals surface area contributed by atoms with Gasteiger partial charge in [0.15, 0.2) is 0 Å². The number of rotatable bonds is 5. The van der Waals surface area contributed by atoms with Crippen molar-refractivity contribution in [2.75, 3.05) is 20.2 Å². The summed E-state index contributed by atoms with van der Waals surface area (Å²) in [6.07, 6.45) is 7.71.